The second-order valence-electron chi connectivity index (χ2n) is 2.72. The van der Waals surface area contributed by atoms with Gasteiger partial charge in [-0.05, 0) is 19.3 Å². The Morgan fingerprint density at radius 3 is 2.31 bits per heavy atom. The minimum Gasteiger partial charge on any atom is -0.383 e. The van der Waals surface area contributed by atoms with Crippen LogP contribution in [0.4, 0.5) is 0 Å². The molecule has 0 heterocycles. The molecule has 0 fully saturated rings. The van der Waals surface area contributed by atoms with Crippen molar-refractivity contribution in [1.82, 2.24) is 4.90 Å². The van der Waals surface area contributed by atoms with E-state index in [9.17, 15) is 4.79 Å². The van der Waals surface area contributed by atoms with Crippen molar-refractivity contribution < 1.29 is 9.53 Å². The predicted octanol–water partition coefficient (Wildman–Crippen LogP) is 1.23. The molecule has 0 saturated carbocycles. The van der Waals surface area contributed by atoms with Crippen molar-refractivity contribution in [2.75, 3.05) is 33.1 Å². The van der Waals surface area contributed by atoms with Crippen LogP contribution in [0.1, 0.15) is 13.8 Å². The fourth-order valence-corrected chi connectivity index (χ4v) is 1.77. The van der Waals surface area contributed by atoms with Crippen LogP contribution in [-0.4, -0.2) is 49.1 Å². The Labute approximate surface area is 84.8 Å². The molecule has 78 valence electrons. The zero-order chi connectivity index (χ0) is 10.3. The number of hydrogen-bond acceptors (Lipinski definition) is 4. The number of likely N-dealkylation sites (N-methyl/N-ethyl adjacent to an activating group) is 1. The molecule has 0 aromatic carbocycles. The summed E-state index contributed by atoms with van der Waals surface area (Å²) in [5.74, 6) is 0. The summed E-state index contributed by atoms with van der Waals surface area (Å²) < 4.78 is 5.04. The van der Waals surface area contributed by atoms with E-state index in [0.29, 0.717) is 6.61 Å². The van der Waals surface area contributed by atoms with Gasteiger partial charge in [-0.2, -0.15) is 0 Å². The number of methoxy groups -OCH3 is 1. The average Bonchev–Trinajstić information content (AvgIpc) is 2.17. The number of ether oxygens (including phenoxy) is 1. The normalized spacial score (nSPS) is 13.3. The molecule has 0 radical (unpaired) electrons. The van der Waals surface area contributed by atoms with Gasteiger partial charge in [0.05, 0.1) is 6.61 Å². The smallest absolute Gasteiger partial charge is 0.208 e. The third-order valence-corrected chi connectivity index (χ3v) is 2.73. The van der Waals surface area contributed by atoms with E-state index >= 15 is 0 Å². The van der Waals surface area contributed by atoms with Crippen molar-refractivity contribution in [3.05, 3.63) is 0 Å². The lowest BCUT2D eigenvalue weighted by Gasteiger charge is -2.26. The van der Waals surface area contributed by atoms with Crippen LogP contribution in [0.3, 0.4) is 0 Å². The lowest BCUT2D eigenvalue weighted by Crippen LogP contribution is -2.42. The average molecular weight is 205 g/mol. The molecule has 0 N–H and O–H groups in total. The highest BCUT2D eigenvalue weighted by Gasteiger charge is 2.22. The molecule has 13 heavy (non-hydrogen) atoms. The van der Waals surface area contributed by atoms with E-state index in [4.69, 9.17) is 4.74 Å². The molecule has 1 unspecified atom stereocenters. The second-order valence-corrected chi connectivity index (χ2v) is 3.53. The van der Waals surface area contributed by atoms with E-state index in [1.165, 1.54) is 11.8 Å². The van der Waals surface area contributed by atoms with Crippen LogP contribution in [0.25, 0.3) is 0 Å². The quantitative estimate of drug-likeness (QED) is 0.652. The van der Waals surface area contributed by atoms with E-state index in [-0.39, 0.29) is 11.2 Å². The fourth-order valence-electron chi connectivity index (χ4n) is 1.28. The van der Waals surface area contributed by atoms with Gasteiger partial charge in [0.15, 0.2) is 0 Å². The van der Waals surface area contributed by atoms with Gasteiger partial charge in [-0.1, -0.05) is 25.6 Å². The molecule has 0 bridgehead atoms. The first-order valence-electron chi connectivity index (χ1n) is 4.52. The fraction of sp³-hybridized carbons (Fsp3) is 0.889. The second kappa shape index (κ2) is 7.35. The SMILES string of the molecule is CCN(CC)C(COC)C(=O)SC. The van der Waals surface area contributed by atoms with Crippen molar-refractivity contribution in [2.24, 2.45) is 0 Å². The Hall–Kier alpha value is -0.0600. The van der Waals surface area contributed by atoms with Crippen LogP contribution in [-0.2, 0) is 9.53 Å². The molecule has 1 atom stereocenters. The van der Waals surface area contributed by atoms with Crippen molar-refractivity contribution in [3.63, 3.8) is 0 Å². The van der Waals surface area contributed by atoms with Gasteiger partial charge in [-0.25, -0.2) is 0 Å². The molecule has 0 aliphatic carbocycles. The molecule has 4 heteroatoms. The molecule has 0 aromatic heterocycles. The van der Waals surface area contributed by atoms with Crippen molar-refractivity contribution in [1.29, 1.82) is 0 Å². The van der Waals surface area contributed by atoms with E-state index in [1.54, 1.807) is 7.11 Å². The molecule has 0 aliphatic heterocycles. The maximum atomic E-state index is 11.5. The van der Waals surface area contributed by atoms with Crippen molar-refractivity contribution >= 4 is 16.9 Å². The maximum absolute atomic E-state index is 11.5. The number of nitrogens with zero attached hydrogens (tertiary/aromatic N) is 1. The highest BCUT2D eigenvalue weighted by atomic mass is 32.2. The molecule has 0 rings (SSSR count). The topological polar surface area (TPSA) is 29.5 Å². The van der Waals surface area contributed by atoms with E-state index in [2.05, 4.69) is 18.7 Å². The van der Waals surface area contributed by atoms with Crippen molar-refractivity contribution in [3.8, 4) is 0 Å². The molecule has 0 aromatic rings. The first-order valence-corrected chi connectivity index (χ1v) is 5.74. The van der Waals surface area contributed by atoms with Gasteiger partial charge in [0, 0.05) is 7.11 Å². The number of carbonyl (C=O) groups is 1. The number of thioether (sulfide) groups is 1. The summed E-state index contributed by atoms with van der Waals surface area (Å²) >= 11 is 1.27. The Kier molecular flexibility index (Phi) is 7.32. The summed E-state index contributed by atoms with van der Waals surface area (Å²) in [4.78, 5) is 13.6. The lowest BCUT2D eigenvalue weighted by atomic mass is 10.3. The van der Waals surface area contributed by atoms with Crippen LogP contribution in [0.2, 0.25) is 0 Å². The molecular formula is C9H19NO2S. The number of rotatable bonds is 6. The number of hydrogen-bond donors (Lipinski definition) is 0. The predicted molar refractivity (Wildman–Crippen MR) is 57.1 cm³/mol. The highest BCUT2D eigenvalue weighted by molar-refractivity contribution is 8.13. The van der Waals surface area contributed by atoms with Gasteiger partial charge < -0.3 is 4.74 Å². The zero-order valence-electron chi connectivity index (χ0n) is 8.87. The summed E-state index contributed by atoms with van der Waals surface area (Å²) in [7, 11) is 1.63. The molecule has 0 amide bonds. The summed E-state index contributed by atoms with van der Waals surface area (Å²) in [6.07, 6.45) is 1.81. The number of carbonyl (C=O) groups excluding carboxylic acids is 1. The largest absolute Gasteiger partial charge is 0.383 e. The van der Waals surface area contributed by atoms with Gasteiger partial charge in [0.2, 0.25) is 5.12 Å². The Balaban J connectivity index is 4.28. The van der Waals surface area contributed by atoms with E-state index in [0.717, 1.165) is 13.1 Å². The molecule has 0 spiro atoms. The summed E-state index contributed by atoms with van der Waals surface area (Å²) in [5, 5.41) is 0.186. The van der Waals surface area contributed by atoms with Gasteiger partial charge in [0.25, 0.3) is 0 Å². The summed E-state index contributed by atoms with van der Waals surface area (Å²) in [6, 6.07) is -0.0880. The van der Waals surface area contributed by atoms with Crippen LogP contribution in [0.15, 0.2) is 0 Å². The van der Waals surface area contributed by atoms with Crippen LogP contribution in [0, 0.1) is 0 Å². The van der Waals surface area contributed by atoms with Gasteiger partial charge >= 0.3 is 0 Å². The minimum atomic E-state index is -0.0880. The highest BCUT2D eigenvalue weighted by Crippen LogP contribution is 2.08. The zero-order valence-corrected chi connectivity index (χ0v) is 9.69. The molecular weight excluding hydrogens is 186 g/mol. The summed E-state index contributed by atoms with van der Waals surface area (Å²) in [6.45, 7) is 6.37. The van der Waals surface area contributed by atoms with Crippen LogP contribution >= 0.6 is 11.8 Å². The standard InChI is InChI=1S/C9H19NO2S/c1-5-10(6-2)8(7-12-3)9(11)13-4/h8H,5-7H2,1-4H3. The van der Waals surface area contributed by atoms with E-state index in [1.807, 2.05) is 6.26 Å². The molecule has 3 nitrogen and oxygen atoms in total. The van der Waals surface area contributed by atoms with E-state index < -0.39 is 0 Å². The Morgan fingerprint density at radius 2 is 2.00 bits per heavy atom. The van der Waals surface area contributed by atoms with Crippen LogP contribution in [0.5, 0.6) is 0 Å². The third-order valence-electron chi connectivity index (χ3n) is 2.05. The lowest BCUT2D eigenvalue weighted by molar-refractivity contribution is -0.117. The first kappa shape index (κ1) is 12.9. The monoisotopic (exact) mass is 205 g/mol. The maximum Gasteiger partial charge on any atom is 0.208 e. The minimum absolute atomic E-state index is 0.0880. The first-order chi connectivity index (χ1) is 6.21. The Morgan fingerprint density at radius 1 is 1.46 bits per heavy atom. The van der Waals surface area contributed by atoms with Gasteiger partial charge in [-0.15, -0.1) is 0 Å². The van der Waals surface area contributed by atoms with Gasteiger partial charge in [0.1, 0.15) is 6.04 Å². The van der Waals surface area contributed by atoms with Gasteiger partial charge in [-0.3, -0.25) is 9.69 Å². The molecule has 0 aliphatic rings. The van der Waals surface area contributed by atoms with Crippen LogP contribution < -0.4 is 0 Å². The third kappa shape index (κ3) is 4.11. The Bertz CT molecular complexity index is 149. The summed E-state index contributed by atoms with van der Waals surface area (Å²) in [5.41, 5.74) is 0. The van der Waals surface area contributed by atoms with Crippen molar-refractivity contribution in [2.45, 2.75) is 19.9 Å². The molecule has 0 saturated heterocycles.